The van der Waals surface area contributed by atoms with E-state index in [2.05, 4.69) is 0 Å². The fourth-order valence-corrected chi connectivity index (χ4v) is 3.99. The molecular weight excluding hydrogens is 311 g/mol. The molecule has 3 aliphatic rings. The Morgan fingerprint density at radius 3 is 2.21 bits per heavy atom. The average Bonchev–Trinajstić information content (AvgIpc) is 3.32. The van der Waals surface area contributed by atoms with E-state index >= 15 is 0 Å². The third-order valence-electron chi connectivity index (χ3n) is 5.31. The monoisotopic (exact) mass is 324 g/mol. The molecule has 2 aliphatic heterocycles. The van der Waals surface area contributed by atoms with Gasteiger partial charge in [0, 0.05) is 17.5 Å². The van der Waals surface area contributed by atoms with Crippen molar-refractivity contribution in [2.75, 3.05) is 6.61 Å². The first kappa shape index (κ1) is 14.0. The Labute approximate surface area is 137 Å². The maximum atomic E-state index is 13.1. The van der Waals surface area contributed by atoms with Gasteiger partial charge < -0.3 is 9.47 Å². The van der Waals surface area contributed by atoms with Gasteiger partial charge in [0.2, 0.25) is 5.78 Å². The van der Waals surface area contributed by atoms with Crippen LogP contribution in [0.5, 0.6) is 0 Å². The number of fused-ring (bicyclic) bond motifs is 1. The first-order chi connectivity index (χ1) is 11.6. The molecule has 4 nitrogen and oxygen atoms in total. The SMILES string of the molecule is O=C1c2ccccc2C(=O)[C@]23COC(c4ccc(F)cc4)C[C@]12O3. The summed E-state index contributed by atoms with van der Waals surface area (Å²) in [5.41, 5.74) is -0.742. The van der Waals surface area contributed by atoms with Gasteiger partial charge in [-0.1, -0.05) is 36.4 Å². The second-order valence-corrected chi connectivity index (χ2v) is 6.52. The second-order valence-electron chi connectivity index (χ2n) is 6.52. The van der Waals surface area contributed by atoms with Crippen LogP contribution in [0, 0.1) is 5.82 Å². The third kappa shape index (κ3) is 1.53. The molecule has 120 valence electrons. The summed E-state index contributed by atoms with van der Waals surface area (Å²) in [5, 5.41) is 0. The number of hydrogen-bond acceptors (Lipinski definition) is 4. The summed E-state index contributed by atoms with van der Waals surface area (Å²) < 4.78 is 24.7. The zero-order valence-electron chi connectivity index (χ0n) is 12.6. The van der Waals surface area contributed by atoms with Crippen LogP contribution in [0.4, 0.5) is 4.39 Å². The number of benzene rings is 2. The Morgan fingerprint density at radius 1 is 0.917 bits per heavy atom. The molecule has 2 saturated heterocycles. The van der Waals surface area contributed by atoms with Crippen molar-refractivity contribution in [1.82, 2.24) is 0 Å². The first-order valence-corrected chi connectivity index (χ1v) is 7.83. The summed E-state index contributed by atoms with van der Waals surface area (Å²) in [4.78, 5) is 25.8. The molecule has 2 fully saturated rings. The van der Waals surface area contributed by atoms with Crippen molar-refractivity contribution >= 4 is 11.6 Å². The van der Waals surface area contributed by atoms with Gasteiger partial charge in [-0.05, 0) is 17.7 Å². The molecule has 2 aromatic carbocycles. The van der Waals surface area contributed by atoms with Gasteiger partial charge in [0.25, 0.3) is 0 Å². The Morgan fingerprint density at radius 2 is 1.54 bits per heavy atom. The van der Waals surface area contributed by atoms with E-state index in [0.717, 1.165) is 5.56 Å². The highest BCUT2D eigenvalue weighted by molar-refractivity contribution is 6.25. The smallest absolute Gasteiger partial charge is 0.201 e. The van der Waals surface area contributed by atoms with Crippen LogP contribution in [0.1, 0.15) is 38.8 Å². The lowest BCUT2D eigenvalue weighted by molar-refractivity contribution is -0.00416. The van der Waals surface area contributed by atoms with Gasteiger partial charge >= 0.3 is 0 Å². The Balaban J connectivity index is 1.56. The number of halogens is 1. The number of Topliss-reactive ketones (excluding diaryl/α,β-unsaturated/α-hetero) is 2. The van der Waals surface area contributed by atoms with Gasteiger partial charge in [-0.2, -0.15) is 0 Å². The molecule has 24 heavy (non-hydrogen) atoms. The topological polar surface area (TPSA) is 55.9 Å². The molecule has 2 heterocycles. The van der Waals surface area contributed by atoms with E-state index in [1.54, 1.807) is 36.4 Å². The summed E-state index contributed by atoms with van der Waals surface area (Å²) in [6.45, 7) is 0.0357. The summed E-state index contributed by atoms with van der Waals surface area (Å²) in [6.07, 6.45) is -0.138. The molecule has 0 aromatic heterocycles. The standard InChI is InChI=1S/C19H13FO4/c20-12-7-5-11(6-8-12)15-9-18-16(21)13-3-1-2-4-14(13)17(22)19(18,24-18)10-23-15/h1-8,15H,9-10H2/t15?,18-,19+/m0/s1. The maximum absolute atomic E-state index is 13.1. The van der Waals surface area contributed by atoms with E-state index < -0.39 is 17.3 Å². The molecule has 0 bridgehead atoms. The van der Waals surface area contributed by atoms with Crippen LogP contribution in [-0.4, -0.2) is 29.4 Å². The summed E-state index contributed by atoms with van der Waals surface area (Å²) >= 11 is 0. The van der Waals surface area contributed by atoms with Crippen LogP contribution in [-0.2, 0) is 9.47 Å². The van der Waals surface area contributed by atoms with Gasteiger partial charge in [0.05, 0.1) is 12.7 Å². The fraction of sp³-hybridized carbons (Fsp3) is 0.263. The second kappa shape index (κ2) is 4.37. The third-order valence-corrected chi connectivity index (χ3v) is 5.31. The van der Waals surface area contributed by atoms with Crippen LogP contribution < -0.4 is 0 Å². The number of hydrogen-bond donors (Lipinski definition) is 0. The van der Waals surface area contributed by atoms with Crippen LogP contribution in [0.15, 0.2) is 48.5 Å². The lowest BCUT2D eigenvalue weighted by Crippen LogP contribution is -2.51. The first-order valence-electron chi connectivity index (χ1n) is 7.83. The minimum absolute atomic E-state index is 0.0357. The number of ether oxygens (including phenoxy) is 2. The van der Waals surface area contributed by atoms with Gasteiger partial charge in [0.15, 0.2) is 17.0 Å². The quantitative estimate of drug-likeness (QED) is 0.757. The van der Waals surface area contributed by atoms with Crippen molar-refractivity contribution in [3.63, 3.8) is 0 Å². The molecule has 0 N–H and O–H groups in total. The van der Waals surface area contributed by atoms with Crippen molar-refractivity contribution in [3.8, 4) is 0 Å². The lowest BCUT2D eigenvalue weighted by Gasteiger charge is -2.33. The number of ketones is 2. The van der Waals surface area contributed by atoms with E-state index in [1.165, 1.54) is 12.1 Å². The normalized spacial score (nSPS) is 33.5. The minimum atomic E-state index is -1.19. The van der Waals surface area contributed by atoms with Crippen LogP contribution in [0.25, 0.3) is 0 Å². The number of carbonyl (C=O) groups is 2. The van der Waals surface area contributed by atoms with E-state index in [-0.39, 0.29) is 30.4 Å². The van der Waals surface area contributed by atoms with Crippen molar-refractivity contribution < 1.29 is 23.5 Å². The number of carbonyl (C=O) groups excluding carboxylic acids is 2. The van der Waals surface area contributed by atoms with E-state index in [4.69, 9.17) is 9.47 Å². The zero-order chi connectivity index (χ0) is 16.5. The zero-order valence-corrected chi connectivity index (χ0v) is 12.6. The molecular formula is C19H13FO4. The highest BCUT2D eigenvalue weighted by atomic mass is 19.1. The van der Waals surface area contributed by atoms with Gasteiger partial charge in [-0.15, -0.1) is 0 Å². The summed E-state index contributed by atoms with van der Waals surface area (Å²) in [7, 11) is 0. The molecule has 1 aliphatic carbocycles. The van der Waals surface area contributed by atoms with Gasteiger partial charge in [-0.3, -0.25) is 9.59 Å². The largest absolute Gasteiger partial charge is 0.370 e. The molecule has 3 atom stereocenters. The molecule has 0 radical (unpaired) electrons. The van der Waals surface area contributed by atoms with Gasteiger partial charge in [-0.25, -0.2) is 4.39 Å². The van der Waals surface area contributed by atoms with E-state index in [9.17, 15) is 14.0 Å². The molecule has 5 heteroatoms. The van der Waals surface area contributed by atoms with Crippen molar-refractivity contribution in [1.29, 1.82) is 0 Å². The Hall–Kier alpha value is -2.37. The van der Waals surface area contributed by atoms with Crippen molar-refractivity contribution in [3.05, 3.63) is 71.0 Å². The Bertz CT molecular complexity index is 890. The number of rotatable bonds is 1. The van der Waals surface area contributed by atoms with E-state index in [0.29, 0.717) is 11.1 Å². The highest BCUT2D eigenvalue weighted by Gasteiger charge is 2.82. The van der Waals surface area contributed by atoms with Crippen LogP contribution >= 0.6 is 0 Å². The molecule has 1 unspecified atom stereocenters. The van der Waals surface area contributed by atoms with Crippen molar-refractivity contribution in [2.24, 2.45) is 0 Å². The predicted molar refractivity (Wildman–Crippen MR) is 81.4 cm³/mol. The van der Waals surface area contributed by atoms with Crippen LogP contribution in [0.2, 0.25) is 0 Å². The fourth-order valence-electron chi connectivity index (χ4n) is 3.99. The summed E-state index contributed by atoms with van der Waals surface area (Å²) in [5.74, 6) is -0.675. The van der Waals surface area contributed by atoms with Crippen LogP contribution in [0.3, 0.4) is 0 Å². The van der Waals surface area contributed by atoms with Crippen molar-refractivity contribution in [2.45, 2.75) is 23.7 Å². The molecule has 0 saturated carbocycles. The minimum Gasteiger partial charge on any atom is -0.370 e. The molecule has 0 amide bonds. The van der Waals surface area contributed by atoms with Gasteiger partial charge in [0.1, 0.15) is 5.82 Å². The molecule has 0 spiro atoms. The van der Waals surface area contributed by atoms with E-state index in [1.807, 2.05) is 0 Å². The predicted octanol–water partition coefficient (Wildman–Crippen LogP) is 2.87. The highest BCUT2D eigenvalue weighted by Crippen LogP contribution is 2.62. The average molecular weight is 324 g/mol. The molecule has 2 aromatic rings. The molecule has 5 rings (SSSR count). The number of epoxide rings is 1. The lowest BCUT2D eigenvalue weighted by atomic mass is 9.70. The maximum Gasteiger partial charge on any atom is 0.201 e. The summed E-state index contributed by atoms with van der Waals surface area (Å²) in [6, 6.07) is 12.8. The Kier molecular flexibility index (Phi) is 2.55.